The van der Waals surface area contributed by atoms with Crippen molar-refractivity contribution in [2.24, 2.45) is 0 Å². The van der Waals surface area contributed by atoms with Crippen molar-refractivity contribution in [3.05, 3.63) is 29.3 Å². The summed E-state index contributed by atoms with van der Waals surface area (Å²) in [6.07, 6.45) is 4.12. The molecule has 0 amide bonds. The molecule has 0 saturated heterocycles. The number of benzene rings is 1. The number of nitrogen functional groups attached to an aromatic ring is 1. The molecule has 1 radical (unpaired) electrons. The summed E-state index contributed by atoms with van der Waals surface area (Å²) in [6.45, 7) is 6.07. The van der Waals surface area contributed by atoms with Crippen LogP contribution in [0.4, 0.5) is 5.69 Å². The van der Waals surface area contributed by atoms with Gasteiger partial charge in [0.25, 0.3) is 0 Å². The van der Waals surface area contributed by atoms with Crippen LogP contribution in [0, 0.1) is 6.92 Å². The van der Waals surface area contributed by atoms with Crippen LogP contribution < -0.4 is 10.5 Å². The van der Waals surface area contributed by atoms with Crippen molar-refractivity contribution < 1.29 is 4.74 Å². The Morgan fingerprint density at radius 3 is 2.60 bits per heavy atom. The molecule has 2 nitrogen and oxygen atoms in total. The van der Waals surface area contributed by atoms with Gasteiger partial charge >= 0.3 is 0 Å². The van der Waals surface area contributed by atoms with Crippen LogP contribution in [0.3, 0.4) is 0 Å². The first kappa shape index (κ1) is 10.6. The molecule has 1 heterocycles. The van der Waals surface area contributed by atoms with Crippen LogP contribution in [0.1, 0.15) is 25.0 Å². The quantitative estimate of drug-likeness (QED) is 0.616. The Morgan fingerprint density at radius 2 is 1.93 bits per heavy atom. The van der Waals surface area contributed by atoms with E-state index in [-0.39, 0.29) is 5.60 Å². The topological polar surface area (TPSA) is 35.2 Å². The molecule has 2 N–H and O–H groups in total. The molecule has 2 rings (SSSR count). The number of hydrogen-bond donors (Lipinski definition) is 1. The second kappa shape index (κ2) is 3.05. The smallest absolute Gasteiger partial charge is 0.150 e. The summed E-state index contributed by atoms with van der Waals surface area (Å²) in [6, 6.07) is 4.02. The molecule has 0 atom stereocenters. The van der Waals surface area contributed by atoms with Gasteiger partial charge in [-0.25, -0.2) is 0 Å². The van der Waals surface area contributed by atoms with E-state index in [1.807, 2.05) is 32.9 Å². The van der Waals surface area contributed by atoms with E-state index >= 15 is 0 Å². The van der Waals surface area contributed by atoms with Gasteiger partial charge in [-0.05, 0) is 44.5 Å². The summed E-state index contributed by atoms with van der Waals surface area (Å²) in [4.78, 5) is 0. The van der Waals surface area contributed by atoms with Crippen LogP contribution in [0.2, 0.25) is 0 Å². The molecule has 89 valence electrons. The standard InChI is InChI=1S/C12H15NO.Lr/c1-8-6-9-4-5-12(2,3)14-11(9)10(13)7-8;/h4-7H,13H2,1-3H3;. The van der Waals surface area contributed by atoms with Gasteiger partial charge in [-0.15, -0.1) is 0 Å². The van der Waals surface area contributed by atoms with Crippen molar-refractivity contribution in [2.75, 3.05) is 5.73 Å². The third-order valence-corrected chi connectivity index (χ3v) is 2.32. The molecule has 0 unspecified atom stereocenters. The summed E-state index contributed by atoms with van der Waals surface area (Å²) < 4.78 is 5.79. The Bertz CT molecular complexity index is 410. The Kier molecular flexibility index (Phi) is 2.16. The van der Waals surface area contributed by atoms with E-state index in [0.717, 1.165) is 22.6 Å². The van der Waals surface area contributed by atoms with Crippen molar-refractivity contribution >= 4 is 11.8 Å². The number of ether oxygens (including phenoxy) is 1. The number of nitrogens with two attached hydrogens (primary N) is 1. The molecule has 1 aliphatic heterocycles. The summed E-state index contributed by atoms with van der Waals surface area (Å²) in [7, 11) is 0. The van der Waals surface area contributed by atoms with Crippen molar-refractivity contribution in [1.29, 1.82) is 0 Å². The minimum atomic E-state index is -0.254. The summed E-state index contributed by atoms with van der Waals surface area (Å²) in [5, 5.41) is 0. The van der Waals surface area contributed by atoms with Gasteiger partial charge in [0, 0.05) is 5.56 Å². The molecule has 0 bridgehead atoms. The molecule has 0 aromatic heterocycles. The molecule has 0 saturated carbocycles. The maximum absolute atomic E-state index is 5.90. The van der Waals surface area contributed by atoms with E-state index in [9.17, 15) is 0 Å². The van der Waals surface area contributed by atoms with Gasteiger partial charge in [0.15, 0.2) is 5.75 Å². The molecule has 0 fully saturated rings. The van der Waals surface area contributed by atoms with E-state index in [0.29, 0.717) is 0 Å². The van der Waals surface area contributed by atoms with E-state index in [1.165, 1.54) is 0 Å². The molecule has 0 aliphatic carbocycles. The molecule has 15 heavy (non-hydrogen) atoms. The van der Waals surface area contributed by atoms with E-state index in [1.54, 1.807) is 0 Å². The van der Waals surface area contributed by atoms with Crippen molar-refractivity contribution in [3.8, 4) is 5.75 Å². The first-order valence-electron chi connectivity index (χ1n) is 4.76. The first-order chi connectivity index (χ1) is 6.48. The summed E-state index contributed by atoms with van der Waals surface area (Å²) in [5.41, 5.74) is 8.60. The molecular weight excluding hydrogens is 436 g/mol. The summed E-state index contributed by atoms with van der Waals surface area (Å²) >= 11 is 0. The fourth-order valence-corrected chi connectivity index (χ4v) is 1.66. The van der Waals surface area contributed by atoms with Gasteiger partial charge in [-0.3, -0.25) is 0 Å². The van der Waals surface area contributed by atoms with Crippen LogP contribution in [0.5, 0.6) is 5.75 Å². The zero-order valence-electron chi connectivity index (χ0n) is 9.05. The van der Waals surface area contributed by atoms with Crippen LogP contribution in [-0.2, 0) is 0 Å². The predicted octanol–water partition coefficient (Wildman–Crippen LogP) is 2.76. The third-order valence-electron chi connectivity index (χ3n) is 2.32. The number of anilines is 1. The largest absolute Gasteiger partial charge is 0.481 e. The van der Waals surface area contributed by atoms with E-state index in [2.05, 4.69) is 12.1 Å². The van der Waals surface area contributed by atoms with E-state index in [4.69, 9.17) is 10.5 Å². The van der Waals surface area contributed by atoms with Crippen LogP contribution in [-0.4, -0.2) is 5.60 Å². The maximum atomic E-state index is 5.90. The van der Waals surface area contributed by atoms with Gasteiger partial charge < -0.3 is 10.5 Å². The maximum Gasteiger partial charge on any atom is 0.150 e. The fraction of sp³-hybridized carbons (Fsp3) is 0.333. The Morgan fingerprint density at radius 1 is 1.27 bits per heavy atom. The minimum Gasteiger partial charge on any atom is -0.481 e. The Balaban J connectivity index is 0.00000112. The summed E-state index contributed by atoms with van der Waals surface area (Å²) in [5.74, 6) is 0.808. The van der Waals surface area contributed by atoms with Crippen LogP contribution in [0.25, 0.3) is 6.08 Å². The molecule has 1 aromatic carbocycles. The molecular formula is C12H15LrNO. The monoisotopic (exact) mass is 451 g/mol. The number of hydrogen-bond acceptors (Lipinski definition) is 2. The van der Waals surface area contributed by atoms with Crippen molar-refractivity contribution in [1.82, 2.24) is 0 Å². The first-order valence-corrected chi connectivity index (χ1v) is 4.76. The van der Waals surface area contributed by atoms with Crippen molar-refractivity contribution in [3.63, 3.8) is 0 Å². The average Bonchev–Trinajstić information content (AvgIpc) is 2.06. The normalized spacial score (nSPS) is 16.2. The number of aryl methyl sites for hydroxylation is 1. The second-order valence-corrected chi connectivity index (χ2v) is 4.31. The number of fused-ring (bicyclic) bond motifs is 1. The predicted molar refractivity (Wildman–Crippen MR) is 59.3 cm³/mol. The fourth-order valence-electron chi connectivity index (χ4n) is 1.66. The number of rotatable bonds is 0. The Labute approximate surface area is 84.4 Å². The van der Waals surface area contributed by atoms with Crippen molar-refractivity contribution in [2.45, 2.75) is 26.4 Å². The van der Waals surface area contributed by atoms with Gasteiger partial charge in [-0.2, -0.15) is 0 Å². The molecule has 1 aliphatic rings. The Hall–Kier alpha value is -2.44. The van der Waals surface area contributed by atoms with Gasteiger partial charge in [0.05, 0.1) is 5.69 Å². The van der Waals surface area contributed by atoms with Gasteiger partial charge in [0.2, 0.25) is 0 Å². The van der Waals surface area contributed by atoms with Crippen LogP contribution >= 0.6 is 0 Å². The van der Waals surface area contributed by atoms with Crippen LogP contribution in [0.15, 0.2) is 18.2 Å². The third kappa shape index (κ3) is 1.75. The average molecular weight is 451 g/mol. The second-order valence-electron chi connectivity index (χ2n) is 4.31. The zero-order valence-corrected chi connectivity index (χ0v) is 11.2. The minimum absolute atomic E-state index is 0. The van der Waals surface area contributed by atoms with E-state index < -0.39 is 0 Å². The molecule has 1 aromatic rings. The van der Waals surface area contributed by atoms with Gasteiger partial charge in [-0.1, -0.05) is 6.08 Å². The zero-order chi connectivity index (χ0) is 10.3. The van der Waals surface area contributed by atoms with Gasteiger partial charge in [0.1, 0.15) is 5.60 Å². The SMILES string of the molecule is Cc1cc(N)c2c(c1)C=CC(C)(C)O2.[Lr]. The molecule has 0 spiro atoms. The molecule has 3 heteroatoms.